The number of nitrogens with one attached hydrogen (secondary N) is 1. The zero-order valence-corrected chi connectivity index (χ0v) is 20.4. The lowest BCUT2D eigenvalue weighted by atomic mass is 9.81. The molecule has 0 unspecified atom stereocenters. The first-order valence-electron chi connectivity index (χ1n) is 12.3. The molecule has 1 aliphatic heterocycles. The Hall–Kier alpha value is -2.38. The Bertz CT molecular complexity index is 1190. The van der Waals surface area contributed by atoms with Crippen LogP contribution in [0.3, 0.4) is 0 Å². The number of rotatable bonds is 7. The van der Waals surface area contributed by atoms with E-state index in [-0.39, 0.29) is 18.9 Å². The number of nitrogens with zero attached hydrogens (tertiary/aromatic N) is 2. The first-order chi connectivity index (χ1) is 16.4. The van der Waals surface area contributed by atoms with Crippen molar-refractivity contribution in [1.82, 2.24) is 15.2 Å². The number of likely N-dealkylation sites (tertiary alicyclic amines) is 1. The van der Waals surface area contributed by atoms with E-state index >= 15 is 0 Å². The molecule has 1 saturated carbocycles. The molecule has 5 rings (SSSR count). The topological polar surface area (TPSA) is 45.2 Å². The van der Waals surface area contributed by atoms with E-state index in [4.69, 9.17) is 4.98 Å². The minimum Gasteiger partial charge on any atom is -0.349 e. The molecular formula is C27H31F2N3OS. The highest BCUT2D eigenvalue weighted by Gasteiger charge is 2.34. The summed E-state index contributed by atoms with van der Waals surface area (Å²) >= 11 is 1.45. The highest BCUT2D eigenvalue weighted by Crippen LogP contribution is 2.39. The fraction of sp³-hybridized carbons (Fsp3) is 0.481. The third kappa shape index (κ3) is 5.01. The van der Waals surface area contributed by atoms with Crippen LogP contribution in [0.15, 0.2) is 36.4 Å². The molecule has 0 radical (unpaired) electrons. The normalized spacial score (nSPS) is 18.7. The molecule has 7 heteroatoms. The first-order valence-corrected chi connectivity index (χ1v) is 13.1. The van der Waals surface area contributed by atoms with Gasteiger partial charge in [0, 0.05) is 25.1 Å². The largest absolute Gasteiger partial charge is 0.349 e. The van der Waals surface area contributed by atoms with E-state index in [2.05, 4.69) is 48.6 Å². The van der Waals surface area contributed by atoms with E-state index in [9.17, 15) is 13.6 Å². The van der Waals surface area contributed by atoms with Gasteiger partial charge in [0.05, 0.1) is 17.1 Å². The fourth-order valence-corrected chi connectivity index (χ4v) is 6.11. The molecule has 2 aromatic carbocycles. The molecule has 1 aliphatic carbocycles. The number of benzene rings is 2. The lowest BCUT2D eigenvalue weighted by molar-refractivity contribution is -0.0632. The summed E-state index contributed by atoms with van der Waals surface area (Å²) in [5, 5.41) is 5.77. The maximum absolute atomic E-state index is 13.7. The number of aromatic nitrogens is 1. The number of amides is 1. The Balaban J connectivity index is 1.36. The van der Waals surface area contributed by atoms with E-state index in [1.165, 1.54) is 46.9 Å². The van der Waals surface area contributed by atoms with Gasteiger partial charge in [0.25, 0.3) is 11.8 Å². The van der Waals surface area contributed by atoms with E-state index < -0.39 is 5.92 Å². The number of aryl methyl sites for hydroxylation is 1. The van der Waals surface area contributed by atoms with Crippen LogP contribution in [0.25, 0.3) is 21.2 Å². The molecule has 0 bridgehead atoms. The number of carbonyl (C=O) groups excluding carboxylic acids is 1. The molecule has 1 N–H and O–H groups in total. The summed E-state index contributed by atoms with van der Waals surface area (Å²) in [6, 6.07) is 12.7. The van der Waals surface area contributed by atoms with Crippen molar-refractivity contribution in [2.45, 2.75) is 51.4 Å². The van der Waals surface area contributed by atoms with Crippen molar-refractivity contribution in [2.24, 2.45) is 5.92 Å². The third-order valence-electron chi connectivity index (χ3n) is 7.17. The van der Waals surface area contributed by atoms with Crippen molar-refractivity contribution in [3.63, 3.8) is 0 Å². The maximum Gasteiger partial charge on any atom is 0.280 e. The Morgan fingerprint density at radius 2 is 1.97 bits per heavy atom. The lowest BCUT2D eigenvalue weighted by Crippen LogP contribution is -2.45. The summed E-state index contributed by atoms with van der Waals surface area (Å²) in [5.41, 5.74) is 3.36. The van der Waals surface area contributed by atoms with Crippen molar-refractivity contribution in [1.29, 1.82) is 0 Å². The molecule has 1 aromatic heterocycles. The molecule has 2 fully saturated rings. The molecule has 2 aliphatic rings. The number of fused-ring (bicyclic) bond motifs is 1. The van der Waals surface area contributed by atoms with Crippen LogP contribution in [0.2, 0.25) is 0 Å². The highest BCUT2D eigenvalue weighted by molar-refractivity contribution is 7.17. The predicted octanol–water partition coefficient (Wildman–Crippen LogP) is 6.08. The summed E-state index contributed by atoms with van der Waals surface area (Å²) in [6.45, 7) is 3.31. The molecule has 34 heavy (non-hydrogen) atoms. The average Bonchev–Trinajstić information content (AvgIpc) is 3.20. The van der Waals surface area contributed by atoms with Crippen molar-refractivity contribution < 1.29 is 13.6 Å². The third-order valence-corrected chi connectivity index (χ3v) is 8.30. The van der Waals surface area contributed by atoms with E-state index in [0.717, 1.165) is 22.6 Å². The van der Waals surface area contributed by atoms with Crippen LogP contribution in [-0.2, 0) is 6.42 Å². The van der Waals surface area contributed by atoms with Gasteiger partial charge in [0.1, 0.15) is 0 Å². The summed E-state index contributed by atoms with van der Waals surface area (Å²) in [6.07, 6.45) is 5.03. The maximum atomic E-state index is 13.7. The fourth-order valence-electron chi connectivity index (χ4n) is 5.06. The zero-order valence-electron chi connectivity index (χ0n) is 19.6. The molecule has 1 amide bonds. The Labute approximate surface area is 203 Å². The number of alkyl halides is 2. The van der Waals surface area contributed by atoms with Gasteiger partial charge >= 0.3 is 0 Å². The number of piperidine rings is 1. The van der Waals surface area contributed by atoms with Gasteiger partial charge in [-0.2, -0.15) is 0 Å². The highest BCUT2D eigenvalue weighted by atomic mass is 32.1. The SMILES string of the molecule is Cc1ccc(-c2sc(C(=O)NCCN3CCCC(F)(F)C3)nc2CC2CCC2)c2ccccc12. The molecule has 180 valence electrons. The first kappa shape index (κ1) is 23.4. The van der Waals surface area contributed by atoms with Crippen molar-refractivity contribution in [2.75, 3.05) is 26.2 Å². The minimum atomic E-state index is -2.63. The second kappa shape index (κ2) is 9.70. The number of hydrogen-bond donors (Lipinski definition) is 1. The van der Waals surface area contributed by atoms with Crippen LogP contribution in [-0.4, -0.2) is 47.9 Å². The number of halogens is 2. The predicted molar refractivity (Wildman–Crippen MR) is 134 cm³/mol. The number of carbonyl (C=O) groups is 1. The van der Waals surface area contributed by atoms with Crippen molar-refractivity contribution >= 4 is 28.0 Å². The van der Waals surface area contributed by atoms with Gasteiger partial charge in [-0.1, -0.05) is 55.7 Å². The monoisotopic (exact) mass is 483 g/mol. The molecule has 2 heterocycles. The van der Waals surface area contributed by atoms with Crippen LogP contribution < -0.4 is 5.32 Å². The second-order valence-electron chi connectivity index (χ2n) is 9.76. The molecule has 3 aromatic rings. The van der Waals surface area contributed by atoms with Crippen molar-refractivity contribution in [3.05, 3.63) is 52.7 Å². The zero-order chi connectivity index (χ0) is 23.7. The number of hydrogen-bond acceptors (Lipinski definition) is 4. The lowest BCUT2D eigenvalue weighted by Gasteiger charge is -2.32. The molecule has 0 atom stereocenters. The Kier molecular flexibility index (Phi) is 6.67. The van der Waals surface area contributed by atoms with Gasteiger partial charge in [0.2, 0.25) is 0 Å². The van der Waals surface area contributed by atoms with Crippen molar-refractivity contribution in [3.8, 4) is 10.4 Å². The molecule has 1 saturated heterocycles. The van der Waals surface area contributed by atoms with Gasteiger partial charge in [-0.3, -0.25) is 9.69 Å². The van der Waals surface area contributed by atoms with Crippen LogP contribution in [0.4, 0.5) is 8.78 Å². The Morgan fingerprint density at radius 3 is 2.71 bits per heavy atom. The van der Waals surface area contributed by atoms with E-state index in [0.29, 0.717) is 37.0 Å². The summed E-state index contributed by atoms with van der Waals surface area (Å²) < 4.78 is 27.3. The van der Waals surface area contributed by atoms with Gasteiger partial charge < -0.3 is 5.32 Å². The standard InChI is InChI=1S/C27H31F2N3OS/c1-18-10-11-22(21-9-3-2-8-20(18)21)24-23(16-19-6-4-7-19)31-26(34-24)25(33)30-13-15-32-14-5-12-27(28,29)17-32/h2-3,8-11,19H,4-7,12-17H2,1H3,(H,30,33). The summed E-state index contributed by atoms with van der Waals surface area (Å²) in [5.74, 6) is -2.21. The number of thiazole rings is 1. The smallest absolute Gasteiger partial charge is 0.280 e. The van der Waals surface area contributed by atoms with Crippen LogP contribution in [0.1, 0.15) is 53.2 Å². The van der Waals surface area contributed by atoms with Gasteiger partial charge in [-0.05, 0) is 48.6 Å². The molecular weight excluding hydrogens is 452 g/mol. The molecule has 4 nitrogen and oxygen atoms in total. The molecule has 0 spiro atoms. The van der Waals surface area contributed by atoms with Crippen LogP contribution in [0.5, 0.6) is 0 Å². The second-order valence-corrected chi connectivity index (χ2v) is 10.8. The van der Waals surface area contributed by atoms with Gasteiger partial charge in [-0.25, -0.2) is 13.8 Å². The van der Waals surface area contributed by atoms with Crippen LogP contribution in [0, 0.1) is 12.8 Å². The van der Waals surface area contributed by atoms with Gasteiger partial charge in [-0.15, -0.1) is 11.3 Å². The minimum absolute atomic E-state index is 0.0464. The van der Waals surface area contributed by atoms with E-state index in [1.54, 1.807) is 4.90 Å². The van der Waals surface area contributed by atoms with E-state index in [1.807, 2.05) is 0 Å². The quantitative estimate of drug-likeness (QED) is 0.443. The summed E-state index contributed by atoms with van der Waals surface area (Å²) in [4.78, 5) is 20.6. The van der Waals surface area contributed by atoms with Crippen LogP contribution >= 0.6 is 11.3 Å². The Morgan fingerprint density at radius 1 is 1.18 bits per heavy atom. The van der Waals surface area contributed by atoms with Gasteiger partial charge in [0.15, 0.2) is 5.01 Å². The summed E-state index contributed by atoms with van der Waals surface area (Å²) in [7, 11) is 0. The average molecular weight is 484 g/mol.